The summed E-state index contributed by atoms with van der Waals surface area (Å²) in [7, 11) is 0. The van der Waals surface area contributed by atoms with Crippen LogP contribution >= 0.6 is 23.5 Å². The van der Waals surface area contributed by atoms with E-state index < -0.39 is 0 Å². The molecule has 0 amide bonds. The Kier molecular flexibility index (Phi) is 5.52. The van der Waals surface area contributed by atoms with Gasteiger partial charge in [-0.05, 0) is 17.6 Å². The topological polar surface area (TPSA) is 15.3 Å². The van der Waals surface area contributed by atoms with Crippen LogP contribution < -0.4 is 5.32 Å². The van der Waals surface area contributed by atoms with Crippen LogP contribution in [0, 0.1) is 5.41 Å². The molecule has 0 radical (unpaired) electrons. The van der Waals surface area contributed by atoms with Crippen LogP contribution in [0.15, 0.2) is 0 Å². The summed E-state index contributed by atoms with van der Waals surface area (Å²) >= 11 is 4.21. The monoisotopic (exact) mass is 274 g/mol. The molecule has 2 rings (SSSR count). The minimum absolute atomic E-state index is 0.530. The largest absolute Gasteiger partial charge is 0.312 e. The first kappa shape index (κ1) is 14.0. The van der Waals surface area contributed by atoms with E-state index in [-0.39, 0.29) is 0 Å². The summed E-state index contributed by atoms with van der Waals surface area (Å²) in [5.41, 5.74) is 0.530. The normalized spacial score (nSPS) is 30.4. The van der Waals surface area contributed by atoms with Crippen molar-refractivity contribution in [3.05, 3.63) is 0 Å². The van der Waals surface area contributed by atoms with Crippen molar-refractivity contribution in [1.29, 1.82) is 0 Å². The second kappa shape index (κ2) is 6.69. The standard InChI is InChI=1S/C13H26N2S2/c1-13(2)9-12(10-17-11-13)14-3-4-15-5-7-16-8-6-15/h12,14H,3-11H2,1-2H3. The van der Waals surface area contributed by atoms with E-state index in [1.807, 2.05) is 0 Å². The molecule has 0 aliphatic carbocycles. The molecule has 2 aliphatic rings. The van der Waals surface area contributed by atoms with Gasteiger partial charge in [0.1, 0.15) is 0 Å². The minimum Gasteiger partial charge on any atom is -0.312 e. The average Bonchev–Trinajstić information content (AvgIpc) is 2.29. The highest BCUT2D eigenvalue weighted by Crippen LogP contribution is 2.33. The first-order chi connectivity index (χ1) is 8.16. The summed E-state index contributed by atoms with van der Waals surface area (Å²) in [6.07, 6.45) is 1.34. The van der Waals surface area contributed by atoms with Gasteiger partial charge in [-0.3, -0.25) is 0 Å². The predicted octanol–water partition coefficient (Wildman–Crippen LogP) is 2.16. The maximum atomic E-state index is 3.76. The van der Waals surface area contributed by atoms with Crippen LogP contribution in [0.1, 0.15) is 20.3 Å². The van der Waals surface area contributed by atoms with Gasteiger partial charge in [0, 0.05) is 49.5 Å². The number of nitrogens with one attached hydrogen (secondary N) is 1. The van der Waals surface area contributed by atoms with Gasteiger partial charge in [-0.15, -0.1) is 0 Å². The average molecular weight is 274 g/mol. The van der Waals surface area contributed by atoms with E-state index in [1.54, 1.807) is 0 Å². The van der Waals surface area contributed by atoms with E-state index in [9.17, 15) is 0 Å². The van der Waals surface area contributed by atoms with Gasteiger partial charge >= 0.3 is 0 Å². The molecule has 2 aliphatic heterocycles. The molecule has 4 heteroatoms. The zero-order valence-corrected chi connectivity index (χ0v) is 12.8. The fraction of sp³-hybridized carbons (Fsp3) is 1.00. The molecule has 0 spiro atoms. The second-order valence-electron chi connectivity index (χ2n) is 5.99. The van der Waals surface area contributed by atoms with Crippen molar-refractivity contribution in [3.63, 3.8) is 0 Å². The quantitative estimate of drug-likeness (QED) is 0.844. The highest BCUT2D eigenvalue weighted by Gasteiger charge is 2.27. The molecular weight excluding hydrogens is 248 g/mol. The fourth-order valence-corrected chi connectivity index (χ4v) is 4.93. The molecule has 1 unspecified atom stereocenters. The Balaban J connectivity index is 1.61. The molecule has 17 heavy (non-hydrogen) atoms. The van der Waals surface area contributed by atoms with Gasteiger partial charge < -0.3 is 10.2 Å². The summed E-state index contributed by atoms with van der Waals surface area (Å²) in [5, 5.41) is 3.76. The predicted molar refractivity (Wildman–Crippen MR) is 81.3 cm³/mol. The van der Waals surface area contributed by atoms with Crippen molar-refractivity contribution in [1.82, 2.24) is 10.2 Å². The zero-order valence-electron chi connectivity index (χ0n) is 11.2. The Morgan fingerprint density at radius 2 is 2.00 bits per heavy atom. The summed E-state index contributed by atoms with van der Waals surface area (Å²) < 4.78 is 0. The van der Waals surface area contributed by atoms with Crippen molar-refractivity contribution >= 4 is 23.5 Å². The Morgan fingerprint density at radius 3 is 2.71 bits per heavy atom. The van der Waals surface area contributed by atoms with Crippen LogP contribution in [0.4, 0.5) is 0 Å². The number of hydrogen-bond donors (Lipinski definition) is 1. The Hall–Kier alpha value is 0.620. The lowest BCUT2D eigenvalue weighted by molar-refractivity contribution is 0.277. The van der Waals surface area contributed by atoms with E-state index in [4.69, 9.17) is 0 Å². The van der Waals surface area contributed by atoms with Gasteiger partial charge in [0.05, 0.1) is 0 Å². The third-order valence-electron chi connectivity index (χ3n) is 3.58. The van der Waals surface area contributed by atoms with Gasteiger partial charge in [-0.1, -0.05) is 13.8 Å². The third-order valence-corrected chi connectivity index (χ3v) is 6.14. The summed E-state index contributed by atoms with van der Waals surface area (Å²) in [6, 6.07) is 0.739. The summed E-state index contributed by atoms with van der Waals surface area (Å²) in [4.78, 5) is 2.60. The smallest absolute Gasteiger partial charge is 0.0164 e. The van der Waals surface area contributed by atoms with Crippen LogP contribution in [0.3, 0.4) is 0 Å². The van der Waals surface area contributed by atoms with E-state index in [1.165, 1.54) is 55.6 Å². The van der Waals surface area contributed by atoms with Crippen LogP contribution in [0.2, 0.25) is 0 Å². The van der Waals surface area contributed by atoms with Crippen molar-refractivity contribution in [2.45, 2.75) is 26.3 Å². The third kappa shape index (κ3) is 5.01. The maximum absolute atomic E-state index is 3.76. The fourth-order valence-electron chi connectivity index (χ4n) is 2.65. The molecule has 0 aromatic rings. The van der Waals surface area contributed by atoms with E-state index in [2.05, 4.69) is 47.6 Å². The van der Waals surface area contributed by atoms with Gasteiger partial charge in [-0.2, -0.15) is 23.5 Å². The minimum atomic E-state index is 0.530. The molecule has 2 fully saturated rings. The van der Waals surface area contributed by atoms with Gasteiger partial charge in [-0.25, -0.2) is 0 Å². The lowest BCUT2D eigenvalue weighted by atomic mass is 9.88. The molecule has 0 bridgehead atoms. The Bertz CT molecular complexity index is 227. The lowest BCUT2D eigenvalue weighted by Gasteiger charge is -2.36. The van der Waals surface area contributed by atoms with E-state index >= 15 is 0 Å². The molecule has 0 aromatic carbocycles. The van der Waals surface area contributed by atoms with Crippen LogP contribution in [0.5, 0.6) is 0 Å². The molecule has 1 atom stereocenters. The lowest BCUT2D eigenvalue weighted by Crippen LogP contribution is -2.44. The first-order valence-electron chi connectivity index (χ1n) is 6.77. The number of thioether (sulfide) groups is 2. The molecule has 2 saturated heterocycles. The summed E-state index contributed by atoms with van der Waals surface area (Å²) in [6.45, 7) is 9.79. The zero-order chi connectivity index (χ0) is 12.1. The highest BCUT2D eigenvalue weighted by atomic mass is 32.2. The van der Waals surface area contributed by atoms with Crippen LogP contribution in [-0.4, -0.2) is 60.1 Å². The van der Waals surface area contributed by atoms with Crippen LogP contribution in [-0.2, 0) is 0 Å². The second-order valence-corrected chi connectivity index (χ2v) is 8.24. The highest BCUT2D eigenvalue weighted by molar-refractivity contribution is 7.99. The maximum Gasteiger partial charge on any atom is 0.0164 e. The Labute approximate surface area is 115 Å². The van der Waals surface area contributed by atoms with E-state index in [0.717, 1.165) is 6.04 Å². The number of nitrogens with zero attached hydrogens (tertiary/aromatic N) is 1. The Morgan fingerprint density at radius 1 is 1.24 bits per heavy atom. The molecule has 2 heterocycles. The van der Waals surface area contributed by atoms with Gasteiger partial charge in [0.2, 0.25) is 0 Å². The van der Waals surface area contributed by atoms with Crippen molar-refractivity contribution in [2.75, 3.05) is 49.2 Å². The molecule has 1 N–H and O–H groups in total. The van der Waals surface area contributed by atoms with Gasteiger partial charge in [0.15, 0.2) is 0 Å². The molecular formula is C13H26N2S2. The van der Waals surface area contributed by atoms with Crippen molar-refractivity contribution < 1.29 is 0 Å². The number of hydrogen-bond acceptors (Lipinski definition) is 4. The number of rotatable bonds is 4. The van der Waals surface area contributed by atoms with Crippen LogP contribution in [0.25, 0.3) is 0 Å². The SMILES string of the molecule is CC1(C)CSCC(NCCN2CCSCC2)C1. The van der Waals surface area contributed by atoms with Crippen molar-refractivity contribution in [3.8, 4) is 0 Å². The molecule has 2 nitrogen and oxygen atoms in total. The molecule has 0 saturated carbocycles. The van der Waals surface area contributed by atoms with Gasteiger partial charge in [0.25, 0.3) is 0 Å². The summed E-state index contributed by atoms with van der Waals surface area (Å²) in [5.74, 6) is 5.28. The molecule has 100 valence electrons. The first-order valence-corrected chi connectivity index (χ1v) is 9.08. The molecule has 0 aromatic heterocycles. The van der Waals surface area contributed by atoms with Crippen molar-refractivity contribution in [2.24, 2.45) is 5.41 Å². The van der Waals surface area contributed by atoms with E-state index in [0.29, 0.717) is 5.41 Å².